The predicted molar refractivity (Wildman–Crippen MR) is 251 cm³/mol. The molecule has 3 aromatic heterocycles. The Morgan fingerprint density at radius 2 is 0.836 bits per heavy atom. The summed E-state index contributed by atoms with van der Waals surface area (Å²) in [5.41, 5.74) is 8.33. The molecule has 13 rings (SSSR count). The van der Waals surface area contributed by atoms with Crippen molar-refractivity contribution in [1.29, 1.82) is 0 Å². The Morgan fingerprint density at radius 3 is 1.66 bits per heavy atom. The lowest BCUT2D eigenvalue weighted by molar-refractivity contribution is 0.655. The molecule has 0 unspecified atom stereocenters. The van der Waals surface area contributed by atoms with E-state index >= 15 is 0 Å². The number of hydrogen-bond acceptors (Lipinski definition) is 5. The smallest absolute Gasteiger partial charge is 0.228 e. The summed E-state index contributed by atoms with van der Waals surface area (Å²) >= 11 is 0. The molecular weight excluding hydrogens is 745 g/mol. The van der Waals surface area contributed by atoms with Crippen LogP contribution in [0.4, 0.5) is 0 Å². The fraction of sp³-hybridized carbons (Fsp3) is 0. The van der Waals surface area contributed by atoms with E-state index in [1.807, 2.05) is 48.5 Å². The fourth-order valence-corrected chi connectivity index (χ4v) is 9.51. The molecule has 0 aliphatic rings. The molecule has 5 heteroatoms. The zero-order valence-electron chi connectivity index (χ0n) is 32.7. The van der Waals surface area contributed by atoms with Crippen LogP contribution in [-0.4, -0.2) is 19.9 Å². The molecule has 0 N–H and O–H groups in total. The summed E-state index contributed by atoms with van der Waals surface area (Å²) in [6.07, 6.45) is 0. The Bertz CT molecular complexity index is 3870. The van der Waals surface area contributed by atoms with Gasteiger partial charge in [-0.1, -0.05) is 176 Å². The number of nitrogens with zero attached hydrogens (tertiary/aromatic N) is 4. The first-order valence-corrected chi connectivity index (χ1v) is 20.5. The predicted octanol–water partition coefficient (Wildman–Crippen LogP) is 14.7. The maximum absolute atomic E-state index is 6.34. The summed E-state index contributed by atoms with van der Waals surface area (Å²) in [5.74, 6) is 1.80. The van der Waals surface area contributed by atoms with Gasteiger partial charge in [-0.25, -0.2) is 19.9 Å². The van der Waals surface area contributed by atoms with E-state index in [2.05, 4.69) is 146 Å². The molecule has 10 aromatic carbocycles. The third-order valence-corrected chi connectivity index (χ3v) is 12.3. The standard InChI is InChI=1S/C56H32N4O/c1-2-12-36(13-3-1)53-58-54(38-17-11-16-37(32-38)52-45-21-7-6-20-43(45)51-47-22-8-9-23-48(47)61-56(51)57-52)60-55(59-53)46-31-30-41(39-18-4-5-19-40(39)46)42-28-26-35-25-24-33-14-10-15-34-27-29-44(42)50(35)49(33)34/h1-32H. The molecular formula is C56H32N4O. The molecule has 13 aromatic rings. The van der Waals surface area contributed by atoms with E-state index in [4.69, 9.17) is 24.4 Å². The molecule has 0 atom stereocenters. The van der Waals surface area contributed by atoms with Crippen LogP contribution in [0.25, 0.3) is 132 Å². The monoisotopic (exact) mass is 776 g/mol. The van der Waals surface area contributed by atoms with Crippen LogP contribution in [0, 0.1) is 0 Å². The van der Waals surface area contributed by atoms with Crippen molar-refractivity contribution in [2.75, 3.05) is 0 Å². The highest BCUT2D eigenvalue weighted by atomic mass is 16.3. The minimum atomic E-state index is 0.583. The first kappa shape index (κ1) is 33.7. The van der Waals surface area contributed by atoms with E-state index < -0.39 is 0 Å². The Morgan fingerprint density at radius 1 is 0.295 bits per heavy atom. The van der Waals surface area contributed by atoms with Crippen molar-refractivity contribution in [3.63, 3.8) is 0 Å². The van der Waals surface area contributed by atoms with Crippen molar-refractivity contribution in [2.45, 2.75) is 0 Å². The molecule has 0 saturated heterocycles. The highest BCUT2D eigenvalue weighted by molar-refractivity contribution is 6.26. The fourth-order valence-electron chi connectivity index (χ4n) is 9.51. The van der Waals surface area contributed by atoms with Crippen LogP contribution in [0.2, 0.25) is 0 Å². The molecule has 282 valence electrons. The third kappa shape index (κ3) is 5.21. The Balaban J connectivity index is 0.993. The average molecular weight is 777 g/mol. The molecule has 0 radical (unpaired) electrons. The van der Waals surface area contributed by atoms with Gasteiger partial charge in [0.2, 0.25) is 5.71 Å². The molecule has 0 aliphatic heterocycles. The van der Waals surface area contributed by atoms with Crippen molar-refractivity contribution in [1.82, 2.24) is 19.9 Å². The van der Waals surface area contributed by atoms with Gasteiger partial charge in [0.1, 0.15) is 5.58 Å². The van der Waals surface area contributed by atoms with Crippen LogP contribution >= 0.6 is 0 Å². The number of fused-ring (bicyclic) bond motifs is 6. The number of rotatable bonds is 5. The largest absolute Gasteiger partial charge is 0.438 e. The highest BCUT2D eigenvalue weighted by Gasteiger charge is 2.20. The average Bonchev–Trinajstić information content (AvgIpc) is 3.72. The minimum Gasteiger partial charge on any atom is -0.438 e. The zero-order valence-corrected chi connectivity index (χ0v) is 32.7. The van der Waals surface area contributed by atoms with E-state index in [1.165, 1.54) is 43.4 Å². The molecule has 3 heterocycles. The number of pyridine rings is 1. The number of benzene rings is 10. The molecule has 0 fully saturated rings. The van der Waals surface area contributed by atoms with E-state index in [0.29, 0.717) is 23.2 Å². The van der Waals surface area contributed by atoms with Gasteiger partial charge in [0.15, 0.2) is 17.5 Å². The topological polar surface area (TPSA) is 64.7 Å². The van der Waals surface area contributed by atoms with Crippen molar-refractivity contribution < 1.29 is 4.42 Å². The summed E-state index contributed by atoms with van der Waals surface area (Å²) in [4.78, 5) is 20.8. The molecule has 0 amide bonds. The summed E-state index contributed by atoms with van der Waals surface area (Å²) in [7, 11) is 0. The van der Waals surface area contributed by atoms with E-state index in [1.54, 1.807) is 0 Å². The normalized spacial score (nSPS) is 11.9. The second-order valence-corrected chi connectivity index (χ2v) is 15.7. The van der Waals surface area contributed by atoms with Gasteiger partial charge in [-0.3, -0.25) is 0 Å². The maximum Gasteiger partial charge on any atom is 0.228 e. The Labute approximate surface area is 349 Å². The lowest BCUT2D eigenvalue weighted by Crippen LogP contribution is -2.01. The van der Waals surface area contributed by atoms with E-state index in [-0.39, 0.29) is 0 Å². The van der Waals surface area contributed by atoms with Crippen LogP contribution in [0.3, 0.4) is 0 Å². The van der Waals surface area contributed by atoms with Gasteiger partial charge < -0.3 is 4.42 Å². The van der Waals surface area contributed by atoms with Crippen molar-refractivity contribution in [2.24, 2.45) is 0 Å². The lowest BCUT2D eigenvalue weighted by Gasteiger charge is -2.17. The second kappa shape index (κ2) is 13.1. The zero-order chi connectivity index (χ0) is 40.0. The van der Waals surface area contributed by atoms with E-state index in [0.717, 1.165) is 65.8 Å². The number of furan rings is 1. The van der Waals surface area contributed by atoms with Gasteiger partial charge in [0.25, 0.3) is 0 Å². The number of para-hydroxylation sites is 1. The first-order valence-electron chi connectivity index (χ1n) is 20.5. The van der Waals surface area contributed by atoms with Crippen molar-refractivity contribution in [3.8, 4) is 56.5 Å². The van der Waals surface area contributed by atoms with E-state index in [9.17, 15) is 0 Å². The van der Waals surface area contributed by atoms with Gasteiger partial charge in [-0.15, -0.1) is 0 Å². The van der Waals surface area contributed by atoms with Crippen LogP contribution in [0.15, 0.2) is 199 Å². The van der Waals surface area contributed by atoms with Crippen molar-refractivity contribution >= 4 is 75.9 Å². The van der Waals surface area contributed by atoms with Gasteiger partial charge in [0, 0.05) is 33.0 Å². The molecule has 5 nitrogen and oxygen atoms in total. The molecule has 0 aliphatic carbocycles. The molecule has 0 saturated carbocycles. The SMILES string of the molecule is c1ccc(-c2nc(-c3cccc(-c4nc5oc6ccccc6c5c5ccccc45)c3)nc(-c3ccc(-c4ccc5ccc6cccc7ccc4c5c67)c4ccccc34)n2)cc1. The van der Waals surface area contributed by atoms with Gasteiger partial charge in [-0.05, 0) is 77.8 Å². The quantitative estimate of drug-likeness (QED) is 0.163. The Hall–Kier alpha value is -8.28. The first-order chi connectivity index (χ1) is 30.2. The maximum atomic E-state index is 6.34. The van der Waals surface area contributed by atoms with Gasteiger partial charge >= 0.3 is 0 Å². The van der Waals surface area contributed by atoms with Crippen LogP contribution in [-0.2, 0) is 0 Å². The molecule has 0 bridgehead atoms. The summed E-state index contributed by atoms with van der Waals surface area (Å²) < 4.78 is 6.34. The number of hydrogen-bond donors (Lipinski definition) is 0. The molecule has 61 heavy (non-hydrogen) atoms. The summed E-state index contributed by atoms with van der Waals surface area (Å²) in [6, 6.07) is 68.2. The third-order valence-electron chi connectivity index (χ3n) is 12.3. The minimum absolute atomic E-state index is 0.583. The van der Waals surface area contributed by atoms with Gasteiger partial charge in [-0.2, -0.15) is 0 Å². The van der Waals surface area contributed by atoms with Crippen molar-refractivity contribution in [3.05, 3.63) is 194 Å². The van der Waals surface area contributed by atoms with Crippen LogP contribution < -0.4 is 0 Å². The highest BCUT2D eigenvalue weighted by Crippen LogP contribution is 2.43. The Kier molecular flexibility index (Phi) is 7.24. The second-order valence-electron chi connectivity index (χ2n) is 15.7. The van der Waals surface area contributed by atoms with Gasteiger partial charge in [0.05, 0.1) is 11.1 Å². The van der Waals surface area contributed by atoms with Crippen LogP contribution in [0.5, 0.6) is 0 Å². The molecule has 0 spiro atoms. The summed E-state index contributed by atoms with van der Waals surface area (Å²) in [6.45, 7) is 0. The summed E-state index contributed by atoms with van der Waals surface area (Å²) in [5, 5.41) is 14.1. The van der Waals surface area contributed by atoms with Crippen LogP contribution in [0.1, 0.15) is 0 Å². The lowest BCUT2D eigenvalue weighted by atomic mass is 9.87. The number of aromatic nitrogens is 4.